The third-order valence-electron chi connectivity index (χ3n) is 2.08. The number of nitrogen functional groups attached to an aromatic ring is 1. The lowest BCUT2D eigenvalue weighted by molar-refractivity contribution is -0.134. The first-order valence-corrected chi connectivity index (χ1v) is 7.68. The molecule has 5 nitrogen and oxygen atoms in total. The molecular weight excluding hydrogens is 291 g/mol. The molecule has 0 radical (unpaired) electrons. The molecule has 0 aliphatic heterocycles. The first-order chi connectivity index (χ1) is 8.17. The zero-order chi connectivity index (χ0) is 14.0. The van der Waals surface area contributed by atoms with E-state index in [0.29, 0.717) is 8.98 Å². The SMILES string of the molecule is CSc1cnn(S(=O)(=O)CCCC(F)(F)F)c1N. The maximum atomic E-state index is 11.9. The van der Waals surface area contributed by atoms with Crippen molar-refractivity contribution in [3.63, 3.8) is 0 Å². The van der Waals surface area contributed by atoms with Crippen molar-refractivity contribution in [1.82, 2.24) is 9.19 Å². The molecule has 0 spiro atoms. The van der Waals surface area contributed by atoms with Gasteiger partial charge in [-0.25, -0.2) is 8.42 Å². The van der Waals surface area contributed by atoms with E-state index >= 15 is 0 Å². The summed E-state index contributed by atoms with van der Waals surface area (Å²) in [6, 6.07) is 0. The highest BCUT2D eigenvalue weighted by Crippen LogP contribution is 2.25. The highest BCUT2D eigenvalue weighted by molar-refractivity contribution is 7.98. The van der Waals surface area contributed by atoms with E-state index in [1.165, 1.54) is 18.0 Å². The molecule has 0 amide bonds. The van der Waals surface area contributed by atoms with Gasteiger partial charge in [0.2, 0.25) is 0 Å². The van der Waals surface area contributed by atoms with Gasteiger partial charge in [0.1, 0.15) is 0 Å². The molecule has 10 heteroatoms. The topological polar surface area (TPSA) is 78.0 Å². The largest absolute Gasteiger partial charge is 0.389 e. The van der Waals surface area contributed by atoms with Gasteiger partial charge in [-0.1, -0.05) is 0 Å². The smallest absolute Gasteiger partial charge is 0.382 e. The summed E-state index contributed by atoms with van der Waals surface area (Å²) in [6.45, 7) is 0. The standard InChI is InChI=1S/C8H12F3N3O2S2/c1-17-6-5-13-14(7(6)12)18(15,16)4-2-3-8(9,10)11/h5H,2-4,12H2,1H3. The molecule has 18 heavy (non-hydrogen) atoms. The predicted octanol–water partition coefficient (Wildman–Crippen LogP) is 1.71. The summed E-state index contributed by atoms with van der Waals surface area (Å²) in [5, 5.41) is 3.57. The average Bonchev–Trinajstić information content (AvgIpc) is 2.57. The maximum absolute atomic E-state index is 11.9. The van der Waals surface area contributed by atoms with Gasteiger partial charge < -0.3 is 5.73 Å². The van der Waals surface area contributed by atoms with Gasteiger partial charge in [0.15, 0.2) is 5.82 Å². The fourth-order valence-electron chi connectivity index (χ4n) is 1.25. The van der Waals surface area contributed by atoms with Crippen molar-refractivity contribution >= 4 is 27.6 Å². The number of hydrogen-bond donors (Lipinski definition) is 1. The molecule has 0 aliphatic rings. The number of aromatic nitrogens is 2. The third-order valence-corrected chi connectivity index (χ3v) is 4.46. The first kappa shape index (κ1) is 15.2. The van der Waals surface area contributed by atoms with E-state index in [1.807, 2.05) is 0 Å². The highest BCUT2D eigenvalue weighted by atomic mass is 32.2. The molecule has 0 unspecified atom stereocenters. The van der Waals surface area contributed by atoms with Crippen LogP contribution in [0.3, 0.4) is 0 Å². The molecule has 0 saturated heterocycles. The minimum Gasteiger partial charge on any atom is -0.382 e. The number of halogens is 3. The molecule has 1 rings (SSSR count). The average molecular weight is 303 g/mol. The van der Waals surface area contributed by atoms with Crippen molar-refractivity contribution in [2.75, 3.05) is 17.7 Å². The van der Waals surface area contributed by atoms with Gasteiger partial charge in [-0.15, -0.1) is 15.8 Å². The van der Waals surface area contributed by atoms with Crippen LogP contribution in [0, 0.1) is 0 Å². The first-order valence-electron chi connectivity index (χ1n) is 4.85. The number of anilines is 1. The van der Waals surface area contributed by atoms with E-state index in [4.69, 9.17) is 5.73 Å². The van der Waals surface area contributed by atoms with Crippen LogP contribution in [0.5, 0.6) is 0 Å². The molecule has 0 bridgehead atoms. The van der Waals surface area contributed by atoms with Gasteiger partial charge in [-0.3, -0.25) is 0 Å². The summed E-state index contributed by atoms with van der Waals surface area (Å²) in [5.41, 5.74) is 5.54. The Morgan fingerprint density at radius 3 is 2.56 bits per heavy atom. The Morgan fingerprint density at radius 2 is 2.11 bits per heavy atom. The van der Waals surface area contributed by atoms with E-state index in [1.54, 1.807) is 6.26 Å². The molecular formula is C8H12F3N3O2S2. The van der Waals surface area contributed by atoms with E-state index in [9.17, 15) is 21.6 Å². The second kappa shape index (κ2) is 5.39. The van der Waals surface area contributed by atoms with E-state index in [2.05, 4.69) is 5.10 Å². The molecule has 0 saturated carbocycles. The number of alkyl halides is 3. The summed E-state index contributed by atoms with van der Waals surface area (Å²) in [5.74, 6) is -0.721. The van der Waals surface area contributed by atoms with Crippen LogP contribution in [-0.4, -0.2) is 35.8 Å². The number of nitrogens with two attached hydrogens (primary N) is 1. The zero-order valence-electron chi connectivity index (χ0n) is 9.44. The molecule has 1 aromatic heterocycles. The van der Waals surface area contributed by atoms with Gasteiger partial charge in [-0.2, -0.15) is 18.3 Å². The molecule has 0 aliphatic carbocycles. The van der Waals surface area contributed by atoms with Crippen LogP contribution in [0.1, 0.15) is 12.8 Å². The van der Waals surface area contributed by atoms with Crippen molar-refractivity contribution in [2.45, 2.75) is 23.9 Å². The minimum absolute atomic E-state index is 0.0745. The Hall–Kier alpha value is -0.900. The Morgan fingerprint density at radius 1 is 1.50 bits per heavy atom. The molecule has 1 aromatic rings. The van der Waals surface area contributed by atoms with E-state index < -0.39 is 34.8 Å². The van der Waals surface area contributed by atoms with Gasteiger partial charge in [0, 0.05) is 6.42 Å². The lowest BCUT2D eigenvalue weighted by Gasteiger charge is -2.08. The molecule has 0 fully saturated rings. The predicted molar refractivity (Wildman–Crippen MR) is 62.9 cm³/mol. The Balaban J connectivity index is 2.78. The van der Waals surface area contributed by atoms with Crippen LogP contribution in [0.25, 0.3) is 0 Å². The van der Waals surface area contributed by atoms with E-state index in [0.717, 1.165) is 0 Å². The van der Waals surface area contributed by atoms with Crippen LogP contribution < -0.4 is 5.73 Å². The van der Waals surface area contributed by atoms with E-state index in [-0.39, 0.29) is 5.82 Å². The summed E-state index contributed by atoms with van der Waals surface area (Å²) in [7, 11) is -3.94. The minimum atomic E-state index is -4.37. The van der Waals surface area contributed by atoms with Gasteiger partial charge in [0.25, 0.3) is 10.0 Å². The lowest BCUT2D eigenvalue weighted by atomic mass is 10.3. The Labute approximate surface area is 107 Å². The number of rotatable bonds is 5. The lowest BCUT2D eigenvalue weighted by Crippen LogP contribution is -2.21. The molecule has 104 valence electrons. The summed E-state index contributed by atoms with van der Waals surface area (Å²) < 4.78 is 59.8. The second-order valence-electron chi connectivity index (χ2n) is 3.48. The van der Waals surface area contributed by atoms with Crippen LogP contribution in [0.15, 0.2) is 11.1 Å². The molecule has 2 N–H and O–H groups in total. The maximum Gasteiger partial charge on any atom is 0.389 e. The summed E-state index contributed by atoms with van der Waals surface area (Å²) in [6.07, 6.45) is -3.08. The van der Waals surface area contributed by atoms with Gasteiger partial charge >= 0.3 is 6.18 Å². The zero-order valence-corrected chi connectivity index (χ0v) is 11.1. The summed E-state index contributed by atoms with van der Waals surface area (Å²) >= 11 is 1.21. The van der Waals surface area contributed by atoms with Crippen LogP contribution >= 0.6 is 11.8 Å². The van der Waals surface area contributed by atoms with Crippen molar-refractivity contribution in [2.24, 2.45) is 0 Å². The number of hydrogen-bond acceptors (Lipinski definition) is 5. The monoisotopic (exact) mass is 303 g/mol. The quantitative estimate of drug-likeness (QED) is 0.838. The van der Waals surface area contributed by atoms with Crippen molar-refractivity contribution in [3.05, 3.63) is 6.20 Å². The van der Waals surface area contributed by atoms with Crippen LogP contribution in [-0.2, 0) is 10.0 Å². The number of thioether (sulfide) groups is 1. The van der Waals surface area contributed by atoms with Gasteiger partial charge in [-0.05, 0) is 12.7 Å². The fourth-order valence-corrected chi connectivity index (χ4v) is 3.02. The molecule has 0 atom stereocenters. The molecule has 1 heterocycles. The number of nitrogens with zero attached hydrogens (tertiary/aromatic N) is 2. The Kier molecular flexibility index (Phi) is 4.54. The highest BCUT2D eigenvalue weighted by Gasteiger charge is 2.28. The summed E-state index contributed by atoms with van der Waals surface area (Å²) in [4.78, 5) is 0.467. The second-order valence-corrected chi connectivity index (χ2v) is 6.24. The Bertz CT molecular complexity index is 510. The van der Waals surface area contributed by atoms with Gasteiger partial charge in [0.05, 0.1) is 16.8 Å². The van der Waals surface area contributed by atoms with Crippen LogP contribution in [0.4, 0.5) is 19.0 Å². The van der Waals surface area contributed by atoms with Crippen molar-refractivity contribution in [3.8, 4) is 0 Å². The van der Waals surface area contributed by atoms with Crippen molar-refractivity contribution < 1.29 is 21.6 Å². The fraction of sp³-hybridized carbons (Fsp3) is 0.625. The normalized spacial score (nSPS) is 12.9. The van der Waals surface area contributed by atoms with Crippen molar-refractivity contribution in [1.29, 1.82) is 0 Å². The third kappa shape index (κ3) is 3.80. The van der Waals surface area contributed by atoms with Crippen LogP contribution in [0.2, 0.25) is 0 Å². The molecule has 0 aromatic carbocycles.